The van der Waals surface area contributed by atoms with Crippen molar-refractivity contribution in [2.45, 2.75) is 19.4 Å². The van der Waals surface area contributed by atoms with Gasteiger partial charge in [-0.25, -0.2) is 0 Å². The van der Waals surface area contributed by atoms with Crippen molar-refractivity contribution in [3.05, 3.63) is 23.8 Å². The van der Waals surface area contributed by atoms with Crippen molar-refractivity contribution in [3.8, 4) is 11.5 Å². The molecule has 1 aliphatic carbocycles. The summed E-state index contributed by atoms with van der Waals surface area (Å²) in [6.07, 6.45) is 2.72. The highest BCUT2D eigenvalue weighted by molar-refractivity contribution is 5.41. The molecule has 0 unspecified atom stereocenters. The van der Waals surface area contributed by atoms with Gasteiger partial charge in [0.05, 0.1) is 7.11 Å². The highest BCUT2D eigenvalue weighted by atomic mass is 16.5. The first-order chi connectivity index (χ1) is 7.29. The topological polar surface area (TPSA) is 41.5 Å². The van der Waals surface area contributed by atoms with Crippen molar-refractivity contribution in [2.75, 3.05) is 13.7 Å². The minimum absolute atomic E-state index is 0.211. The van der Waals surface area contributed by atoms with Gasteiger partial charge in [-0.1, -0.05) is 6.07 Å². The van der Waals surface area contributed by atoms with E-state index in [1.165, 1.54) is 12.8 Å². The second-order valence-corrected chi connectivity index (χ2v) is 4.08. The summed E-state index contributed by atoms with van der Waals surface area (Å²) in [6.45, 7) is 1.90. The third-order valence-electron chi connectivity index (χ3n) is 2.70. The minimum Gasteiger partial charge on any atom is -0.504 e. The zero-order valence-electron chi connectivity index (χ0n) is 8.99. The van der Waals surface area contributed by atoms with Crippen molar-refractivity contribution in [3.63, 3.8) is 0 Å². The van der Waals surface area contributed by atoms with Crippen molar-refractivity contribution in [1.29, 1.82) is 0 Å². The Kier molecular flexibility index (Phi) is 3.11. The zero-order valence-corrected chi connectivity index (χ0v) is 8.99. The van der Waals surface area contributed by atoms with Crippen LogP contribution in [0.2, 0.25) is 0 Å². The third-order valence-corrected chi connectivity index (χ3v) is 2.70. The Morgan fingerprint density at radius 2 is 2.27 bits per heavy atom. The van der Waals surface area contributed by atoms with Crippen LogP contribution in [-0.2, 0) is 6.54 Å². The van der Waals surface area contributed by atoms with E-state index >= 15 is 0 Å². The fourth-order valence-corrected chi connectivity index (χ4v) is 1.59. The quantitative estimate of drug-likeness (QED) is 0.774. The van der Waals surface area contributed by atoms with Gasteiger partial charge in [-0.05, 0) is 43.0 Å². The molecule has 0 spiro atoms. The number of phenolic OH excluding ortho intramolecular Hbond substituents is 1. The fraction of sp³-hybridized carbons (Fsp3) is 0.500. The number of rotatable bonds is 5. The predicted octanol–water partition coefficient (Wildman–Crippen LogP) is 1.90. The van der Waals surface area contributed by atoms with Crippen LogP contribution in [0, 0.1) is 5.92 Å². The molecule has 0 saturated heterocycles. The monoisotopic (exact) mass is 207 g/mol. The second kappa shape index (κ2) is 4.53. The molecular weight excluding hydrogens is 190 g/mol. The van der Waals surface area contributed by atoms with Gasteiger partial charge >= 0.3 is 0 Å². The molecule has 1 aliphatic rings. The average Bonchev–Trinajstić information content (AvgIpc) is 3.02. The predicted molar refractivity (Wildman–Crippen MR) is 59.1 cm³/mol. The molecule has 1 aromatic rings. The molecule has 0 radical (unpaired) electrons. The van der Waals surface area contributed by atoms with Gasteiger partial charge < -0.3 is 15.2 Å². The molecule has 0 bridgehead atoms. The molecule has 1 saturated carbocycles. The number of phenols is 1. The zero-order chi connectivity index (χ0) is 10.7. The van der Waals surface area contributed by atoms with Gasteiger partial charge in [-0.15, -0.1) is 0 Å². The van der Waals surface area contributed by atoms with Crippen LogP contribution in [0.25, 0.3) is 0 Å². The van der Waals surface area contributed by atoms with E-state index < -0.39 is 0 Å². The number of methoxy groups -OCH3 is 1. The van der Waals surface area contributed by atoms with Gasteiger partial charge in [-0.3, -0.25) is 0 Å². The average molecular weight is 207 g/mol. The van der Waals surface area contributed by atoms with E-state index in [9.17, 15) is 5.11 Å². The summed E-state index contributed by atoms with van der Waals surface area (Å²) >= 11 is 0. The number of nitrogens with one attached hydrogen (secondary N) is 1. The Morgan fingerprint density at radius 1 is 1.47 bits per heavy atom. The summed E-state index contributed by atoms with van der Waals surface area (Å²) in [4.78, 5) is 0. The first-order valence-corrected chi connectivity index (χ1v) is 5.36. The largest absolute Gasteiger partial charge is 0.504 e. The first-order valence-electron chi connectivity index (χ1n) is 5.36. The van der Waals surface area contributed by atoms with Gasteiger partial charge in [0, 0.05) is 6.54 Å². The molecular formula is C12H17NO2. The molecule has 15 heavy (non-hydrogen) atoms. The van der Waals surface area contributed by atoms with Crippen LogP contribution in [-0.4, -0.2) is 18.8 Å². The lowest BCUT2D eigenvalue weighted by Crippen LogP contribution is -2.15. The lowest BCUT2D eigenvalue weighted by Gasteiger charge is -2.07. The summed E-state index contributed by atoms with van der Waals surface area (Å²) in [5, 5.41) is 12.9. The molecule has 0 atom stereocenters. The Hall–Kier alpha value is -1.22. The van der Waals surface area contributed by atoms with Gasteiger partial charge in [0.25, 0.3) is 0 Å². The molecule has 0 aliphatic heterocycles. The highest BCUT2D eigenvalue weighted by Crippen LogP contribution is 2.28. The molecule has 1 aromatic carbocycles. The number of benzene rings is 1. The standard InChI is InChI=1S/C12H17NO2/c1-15-12-5-4-10(6-11(12)14)8-13-7-9-2-3-9/h4-6,9,13-14H,2-3,7-8H2,1H3. The summed E-state index contributed by atoms with van der Waals surface area (Å²) in [6, 6.07) is 5.51. The molecule has 82 valence electrons. The van der Waals surface area contributed by atoms with Crippen LogP contribution in [0.5, 0.6) is 11.5 Å². The van der Waals surface area contributed by atoms with Crippen molar-refractivity contribution < 1.29 is 9.84 Å². The Labute approximate surface area is 90.1 Å². The summed E-state index contributed by atoms with van der Waals surface area (Å²) in [5.41, 5.74) is 1.09. The lowest BCUT2D eigenvalue weighted by molar-refractivity contribution is 0.373. The lowest BCUT2D eigenvalue weighted by atomic mass is 10.2. The van der Waals surface area contributed by atoms with Crippen LogP contribution < -0.4 is 10.1 Å². The summed E-state index contributed by atoms with van der Waals surface area (Å²) in [7, 11) is 1.56. The maximum Gasteiger partial charge on any atom is 0.160 e. The molecule has 0 amide bonds. The van der Waals surface area contributed by atoms with Crippen molar-refractivity contribution in [1.82, 2.24) is 5.32 Å². The Bertz CT molecular complexity index is 334. The van der Waals surface area contributed by atoms with E-state index in [0.29, 0.717) is 5.75 Å². The van der Waals surface area contributed by atoms with Crippen LogP contribution in [0.1, 0.15) is 18.4 Å². The summed E-state index contributed by atoms with van der Waals surface area (Å²) < 4.78 is 4.98. The Morgan fingerprint density at radius 3 is 2.87 bits per heavy atom. The van der Waals surface area contributed by atoms with Crippen LogP contribution >= 0.6 is 0 Å². The van der Waals surface area contributed by atoms with Gasteiger partial charge in [0.1, 0.15) is 0 Å². The van der Waals surface area contributed by atoms with E-state index in [-0.39, 0.29) is 5.75 Å². The van der Waals surface area contributed by atoms with Gasteiger partial charge in [0.15, 0.2) is 11.5 Å². The number of ether oxygens (including phenoxy) is 1. The van der Waals surface area contributed by atoms with Crippen LogP contribution in [0.15, 0.2) is 18.2 Å². The van der Waals surface area contributed by atoms with E-state index in [2.05, 4.69) is 5.32 Å². The van der Waals surface area contributed by atoms with Crippen molar-refractivity contribution in [2.24, 2.45) is 5.92 Å². The summed E-state index contributed by atoms with van der Waals surface area (Å²) in [5.74, 6) is 1.63. The van der Waals surface area contributed by atoms with E-state index in [0.717, 1.165) is 24.6 Å². The molecule has 0 heterocycles. The molecule has 1 fully saturated rings. The van der Waals surface area contributed by atoms with Crippen LogP contribution in [0.4, 0.5) is 0 Å². The van der Waals surface area contributed by atoms with E-state index in [1.54, 1.807) is 19.2 Å². The molecule has 3 heteroatoms. The van der Waals surface area contributed by atoms with Gasteiger partial charge in [-0.2, -0.15) is 0 Å². The minimum atomic E-state index is 0.211. The molecule has 2 N–H and O–H groups in total. The van der Waals surface area contributed by atoms with Crippen LogP contribution in [0.3, 0.4) is 0 Å². The second-order valence-electron chi connectivity index (χ2n) is 4.08. The molecule has 2 rings (SSSR count). The number of hydrogen-bond acceptors (Lipinski definition) is 3. The normalized spacial score (nSPS) is 15.3. The molecule has 0 aromatic heterocycles. The SMILES string of the molecule is COc1ccc(CNCC2CC2)cc1O. The van der Waals surface area contributed by atoms with E-state index in [1.807, 2.05) is 6.07 Å². The number of hydrogen-bond donors (Lipinski definition) is 2. The van der Waals surface area contributed by atoms with E-state index in [4.69, 9.17) is 4.74 Å². The highest BCUT2D eigenvalue weighted by Gasteiger charge is 2.20. The Balaban J connectivity index is 1.87. The first kappa shape index (κ1) is 10.3. The number of aromatic hydroxyl groups is 1. The smallest absolute Gasteiger partial charge is 0.160 e. The maximum atomic E-state index is 9.56. The maximum absolute atomic E-state index is 9.56. The van der Waals surface area contributed by atoms with Gasteiger partial charge in [0.2, 0.25) is 0 Å². The molecule has 3 nitrogen and oxygen atoms in total. The third kappa shape index (κ3) is 2.86. The fourth-order valence-electron chi connectivity index (χ4n) is 1.59. The van der Waals surface area contributed by atoms with Crippen molar-refractivity contribution >= 4 is 0 Å².